The molecule has 122 valence electrons. The summed E-state index contributed by atoms with van der Waals surface area (Å²) in [6.07, 6.45) is 2.55. The molecule has 0 bridgehead atoms. The molecule has 2 rings (SSSR count). The number of carbonyl (C=O) groups excluding carboxylic acids is 1. The van der Waals surface area contributed by atoms with Crippen molar-refractivity contribution in [3.05, 3.63) is 58.7 Å². The van der Waals surface area contributed by atoms with Crippen LogP contribution >= 0.6 is 11.6 Å². The number of nitrogens with zero attached hydrogens (tertiary/aromatic N) is 2. The molecule has 0 saturated heterocycles. The third kappa shape index (κ3) is 5.05. The van der Waals surface area contributed by atoms with Crippen molar-refractivity contribution in [3.63, 3.8) is 0 Å². The molecule has 0 aliphatic carbocycles. The van der Waals surface area contributed by atoms with Crippen molar-refractivity contribution < 1.29 is 4.79 Å². The van der Waals surface area contributed by atoms with E-state index in [1.807, 2.05) is 18.9 Å². The summed E-state index contributed by atoms with van der Waals surface area (Å²) in [5, 5.41) is 3.35. The average molecular weight is 332 g/mol. The molecule has 1 heterocycles. The maximum Gasteiger partial charge on any atom is 0.242 e. The Balaban J connectivity index is 1.93. The zero-order chi connectivity index (χ0) is 16.8. The van der Waals surface area contributed by atoms with Crippen LogP contribution in [0.5, 0.6) is 0 Å². The number of nitrogens with one attached hydrogen (secondary N) is 1. The number of rotatable bonds is 6. The highest BCUT2D eigenvalue weighted by molar-refractivity contribution is 6.30. The second-order valence-electron chi connectivity index (χ2n) is 5.61. The van der Waals surface area contributed by atoms with E-state index in [1.54, 1.807) is 12.1 Å². The number of aryl methyl sites for hydroxylation is 1. The molecule has 0 radical (unpaired) electrons. The molecule has 0 aliphatic heterocycles. The minimum atomic E-state index is -0.265. The number of pyridine rings is 1. The van der Waals surface area contributed by atoms with Crippen molar-refractivity contribution in [2.75, 3.05) is 12.4 Å². The normalized spacial score (nSPS) is 12.2. The summed E-state index contributed by atoms with van der Waals surface area (Å²) in [5.41, 5.74) is 2.50. The highest BCUT2D eigenvalue weighted by Gasteiger charge is 2.18. The molecule has 1 aromatic carbocycles. The van der Waals surface area contributed by atoms with Crippen molar-refractivity contribution in [1.29, 1.82) is 0 Å². The third-order valence-electron chi connectivity index (χ3n) is 3.88. The smallest absolute Gasteiger partial charge is 0.242 e. The van der Waals surface area contributed by atoms with Crippen LogP contribution in [0, 0.1) is 0 Å². The lowest BCUT2D eigenvalue weighted by molar-refractivity contribution is -0.120. The quantitative estimate of drug-likeness (QED) is 0.876. The molecular formula is C18H22ClN3O. The Morgan fingerprint density at radius 1 is 1.22 bits per heavy atom. The van der Waals surface area contributed by atoms with Gasteiger partial charge in [0.15, 0.2) is 0 Å². The van der Waals surface area contributed by atoms with E-state index in [0.29, 0.717) is 17.4 Å². The maximum absolute atomic E-state index is 12.3. The number of anilines is 1. The zero-order valence-corrected chi connectivity index (χ0v) is 14.5. The van der Waals surface area contributed by atoms with E-state index >= 15 is 0 Å². The van der Waals surface area contributed by atoms with Crippen LogP contribution < -0.4 is 5.32 Å². The van der Waals surface area contributed by atoms with Crippen LogP contribution in [0.2, 0.25) is 5.02 Å². The predicted molar refractivity (Wildman–Crippen MR) is 94.6 cm³/mol. The molecule has 0 saturated carbocycles. The van der Waals surface area contributed by atoms with Gasteiger partial charge in [0.25, 0.3) is 0 Å². The van der Waals surface area contributed by atoms with Gasteiger partial charge in [0, 0.05) is 12.7 Å². The molecule has 4 nitrogen and oxygen atoms in total. The van der Waals surface area contributed by atoms with Crippen LogP contribution in [0.25, 0.3) is 0 Å². The molecule has 0 spiro atoms. The van der Waals surface area contributed by atoms with Gasteiger partial charge in [-0.15, -0.1) is 0 Å². The standard InChI is InChI=1S/C18H22ClN3O/c1-4-14-5-7-15(8-6-14)12-22(3)13(2)18(23)21-17-10-9-16(19)11-20-17/h5-11,13H,4,12H2,1-3H3,(H,20,21,23). The Bertz CT molecular complexity index is 640. The van der Waals surface area contributed by atoms with Gasteiger partial charge in [-0.2, -0.15) is 0 Å². The molecule has 2 aromatic rings. The molecule has 1 unspecified atom stereocenters. The number of amides is 1. The van der Waals surface area contributed by atoms with Gasteiger partial charge in [-0.05, 0) is 43.7 Å². The van der Waals surface area contributed by atoms with Gasteiger partial charge in [0.1, 0.15) is 5.82 Å². The topological polar surface area (TPSA) is 45.2 Å². The molecular weight excluding hydrogens is 310 g/mol. The predicted octanol–water partition coefficient (Wildman–Crippen LogP) is 3.76. The number of likely N-dealkylation sites (N-methyl/N-ethyl adjacent to an activating group) is 1. The molecule has 1 aromatic heterocycles. The number of benzene rings is 1. The molecule has 0 fully saturated rings. The molecule has 1 N–H and O–H groups in total. The van der Waals surface area contributed by atoms with Gasteiger partial charge in [0.2, 0.25) is 5.91 Å². The Labute approximate surface area is 142 Å². The van der Waals surface area contributed by atoms with Crippen molar-refractivity contribution in [1.82, 2.24) is 9.88 Å². The molecule has 1 atom stereocenters. The fraction of sp³-hybridized carbons (Fsp3) is 0.333. The van der Waals surface area contributed by atoms with Gasteiger partial charge < -0.3 is 5.32 Å². The van der Waals surface area contributed by atoms with Crippen LogP contribution in [-0.2, 0) is 17.8 Å². The van der Waals surface area contributed by atoms with E-state index in [4.69, 9.17) is 11.6 Å². The van der Waals surface area contributed by atoms with E-state index in [2.05, 4.69) is 41.5 Å². The van der Waals surface area contributed by atoms with Crippen molar-refractivity contribution in [3.8, 4) is 0 Å². The number of hydrogen-bond acceptors (Lipinski definition) is 3. The van der Waals surface area contributed by atoms with Crippen LogP contribution in [0.1, 0.15) is 25.0 Å². The second-order valence-corrected chi connectivity index (χ2v) is 6.05. The largest absolute Gasteiger partial charge is 0.309 e. The van der Waals surface area contributed by atoms with E-state index in [1.165, 1.54) is 17.3 Å². The van der Waals surface area contributed by atoms with Gasteiger partial charge in [0.05, 0.1) is 11.1 Å². The zero-order valence-electron chi connectivity index (χ0n) is 13.7. The number of halogens is 1. The maximum atomic E-state index is 12.3. The van der Waals surface area contributed by atoms with Crippen LogP contribution in [0.15, 0.2) is 42.6 Å². The van der Waals surface area contributed by atoms with Gasteiger partial charge in [-0.25, -0.2) is 4.98 Å². The summed E-state index contributed by atoms with van der Waals surface area (Å²) >= 11 is 5.79. The Kier molecular flexibility index (Phi) is 6.13. The Morgan fingerprint density at radius 2 is 1.87 bits per heavy atom. The summed E-state index contributed by atoms with van der Waals surface area (Å²) in [7, 11) is 1.94. The summed E-state index contributed by atoms with van der Waals surface area (Å²) in [6.45, 7) is 4.73. The van der Waals surface area contributed by atoms with Crippen molar-refractivity contribution >= 4 is 23.3 Å². The van der Waals surface area contributed by atoms with Crippen LogP contribution in [0.3, 0.4) is 0 Å². The lowest BCUT2D eigenvalue weighted by Gasteiger charge is -2.23. The SMILES string of the molecule is CCc1ccc(CN(C)C(C)C(=O)Nc2ccc(Cl)cn2)cc1. The third-order valence-corrected chi connectivity index (χ3v) is 4.11. The summed E-state index contributed by atoms with van der Waals surface area (Å²) < 4.78 is 0. The summed E-state index contributed by atoms with van der Waals surface area (Å²) in [5.74, 6) is 0.416. The first-order chi connectivity index (χ1) is 11.0. The molecule has 0 aliphatic rings. The fourth-order valence-corrected chi connectivity index (χ4v) is 2.30. The first-order valence-corrected chi connectivity index (χ1v) is 8.08. The second kappa shape index (κ2) is 8.09. The van der Waals surface area contributed by atoms with E-state index in [0.717, 1.165) is 6.42 Å². The first-order valence-electron chi connectivity index (χ1n) is 7.70. The monoisotopic (exact) mass is 331 g/mol. The number of hydrogen-bond donors (Lipinski definition) is 1. The van der Waals surface area contributed by atoms with Gasteiger partial charge in [-0.1, -0.05) is 42.8 Å². The van der Waals surface area contributed by atoms with E-state index in [9.17, 15) is 4.79 Å². The van der Waals surface area contributed by atoms with Gasteiger partial charge >= 0.3 is 0 Å². The molecule has 1 amide bonds. The summed E-state index contributed by atoms with van der Waals surface area (Å²) in [4.78, 5) is 18.4. The lowest BCUT2D eigenvalue weighted by Crippen LogP contribution is -2.39. The Morgan fingerprint density at radius 3 is 2.43 bits per heavy atom. The van der Waals surface area contributed by atoms with Crippen molar-refractivity contribution in [2.45, 2.75) is 32.9 Å². The first kappa shape index (κ1) is 17.4. The summed E-state index contributed by atoms with van der Waals surface area (Å²) in [6, 6.07) is 11.6. The Hall–Kier alpha value is -1.91. The highest BCUT2D eigenvalue weighted by Crippen LogP contribution is 2.12. The molecule has 23 heavy (non-hydrogen) atoms. The fourth-order valence-electron chi connectivity index (χ4n) is 2.19. The van der Waals surface area contributed by atoms with E-state index in [-0.39, 0.29) is 11.9 Å². The van der Waals surface area contributed by atoms with E-state index < -0.39 is 0 Å². The molecule has 5 heteroatoms. The average Bonchev–Trinajstić information content (AvgIpc) is 2.56. The number of carbonyl (C=O) groups is 1. The van der Waals surface area contributed by atoms with Crippen LogP contribution in [-0.4, -0.2) is 28.9 Å². The highest BCUT2D eigenvalue weighted by atomic mass is 35.5. The van der Waals surface area contributed by atoms with Crippen molar-refractivity contribution in [2.24, 2.45) is 0 Å². The number of aromatic nitrogens is 1. The minimum absolute atomic E-state index is 0.0903. The minimum Gasteiger partial charge on any atom is -0.309 e. The van der Waals surface area contributed by atoms with Crippen LogP contribution in [0.4, 0.5) is 5.82 Å². The lowest BCUT2D eigenvalue weighted by atomic mass is 10.1. The van der Waals surface area contributed by atoms with Gasteiger partial charge in [-0.3, -0.25) is 9.69 Å².